The van der Waals surface area contributed by atoms with Gasteiger partial charge >= 0.3 is 0 Å². The van der Waals surface area contributed by atoms with Gasteiger partial charge < -0.3 is 19.8 Å². The fraction of sp³-hybridized carbons (Fsp3) is 0.200. The third-order valence-electron chi connectivity index (χ3n) is 2.80. The van der Waals surface area contributed by atoms with Gasteiger partial charge in [0.25, 0.3) is 5.91 Å². The van der Waals surface area contributed by atoms with Gasteiger partial charge in [0.1, 0.15) is 5.75 Å². The first-order valence-electron chi connectivity index (χ1n) is 6.40. The summed E-state index contributed by atoms with van der Waals surface area (Å²) >= 11 is 0. The van der Waals surface area contributed by atoms with E-state index in [-0.39, 0.29) is 18.2 Å². The number of ether oxygens (including phenoxy) is 1. The molecule has 0 spiro atoms. The first-order valence-corrected chi connectivity index (χ1v) is 6.40. The van der Waals surface area contributed by atoms with Crippen molar-refractivity contribution in [1.82, 2.24) is 10.6 Å². The lowest BCUT2D eigenvalue weighted by Crippen LogP contribution is -2.36. The number of carbonyl (C=O) groups is 2. The molecule has 2 rings (SSSR count). The summed E-state index contributed by atoms with van der Waals surface area (Å²) < 4.78 is 9.97. The maximum Gasteiger partial charge on any atom is 0.287 e. The highest BCUT2D eigenvalue weighted by Gasteiger charge is 2.09. The van der Waals surface area contributed by atoms with Gasteiger partial charge in [-0.15, -0.1) is 0 Å². The molecular weight excluding hydrogens is 272 g/mol. The van der Waals surface area contributed by atoms with Crippen LogP contribution < -0.4 is 15.4 Å². The van der Waals surface area contributed by atoms with Gasteiger partial charge in [-0.25, -0.2) is 0 Å². The molecule has 21 heavy (non-hydrogen) atoms. The predicted molar refractivity (Wildman–Crippen MR) is 75.9 cm³/mol. The number of benzene rings is 1. The van der Waals surface area contributed by atoms with Gasteiger partial charge in [-0.2, -0.15) is 0 Å². The summed E-state index contributed by atoms with van der Waals surface area (Å²) in [5, 5.41) is 5.19. The van der Waals surface area contributed by atoms with Crippen molar-refractivity contribution >= 4 is 11.8 Å². The Labute approximate surface area is 122 Å². The fourth-order valence-electron chi connectivity index (χ4n) is 1.66. The molecule has 0 radical (unpaired) electrons. The number of hydrogen-bond donors (Lipinski definition) is 2. The molecule has 1 aromatic carbocycles. The molecule has 0 bridgehead atoms. The van der Waals surface area contributed by atoms with E-state index in [0.29, 0.717) is 6.54 Å². The summed E-state index contributed by atoms with van der Waals surface area (Å²) in [5.41, 5.74) is 0.946. The third-order valence-corrected chi connectivity index (χ3v) is 2.80. The Balaban J connectivity index is 1.73. The summed E-state index contributed by atoms with van der Waals surface area (Å²) in [4.78, 5) is 23.2. The van der Waals surface area contributed by atoms with Gasteiger partial charge in [0.15, 0.2) is 5.76 Å². The molecule has 1 heterocycles. The minimum atomic E-state index is -0.417. The van der Waals surface area contributed by atoms with Gasteiger partial charge in [0.2, 0.25) is 5.91 Å². The average Bonchev–Trinajstić information content (AvgIpc) is 3.05. The SMILES string of the molecule is COc1ccc(CNC(=O)CNC(=O)c2ccco2)cc1. The Bertz CT molecular complexity index is 591. The second kappa shape index (κ2) is 7.14. The van der Waals surface area contributed by atoms with Crippen molar-refractivity contribution in [3.8, 4) is 5.75 Å². The van der Waals surface area contributed by atoms with Crippen LogP contribution >= 0.6 is 0 Å². The smallest absolute Gasteiger partial charge is 0.287 e. The van der Waals surface area contributed by atoms with Crippen LogP contribution in [0, 0.1) is 0 Å². The van der Waals surface area contributed by atoms with Crippen molar-refractivity contribution in [3.63, 3.8) is 0 Å². The second-order valence-corrected chi connectivity index (χ2v) is 4.28. The Hall–Kier alpha value is -2.76. The number of carbonyl (C=O) groups excluding carboxylic acids is 2. The van der Waals surface area contributed by atoms with Gasteiger partial charge in [-0.1, -0.05) is 12.1 Å². The van der Waals surface area contributed by atoms with Crippen molar-refractivity contribution < 1.29 is 18.7 Å². The van der Waals surface area contributed by atoms with E-state index < -0.39 is 5.91 Å². The molecule has 0 atom stereocenters. The molecule has 0 aliphatic rings. The molecule has 2 N–H and O–H groups in total. The molecule has 0 aliphatic carbocycles. The molecule has 2 amide bonds. The van der Waals surface area contributed by atoms with Crippen LogP contribution in [0.5, 0.6) is 5.75 Å². The van der Waals surface area contributed by atoms with Crippen LogP contribution in [0.3, 0.4) is 0 Å². The Kier molecular flexibility index (Phi) is 4.98. The molecule has 0 saturated carbocycles. The number of nitrogens with one attached hydrogen (secondary N) is 2. The molecule has 0 aliphatic heterocycles. The monoisotopic (exact) mass is 288 g/mol. The molecular formula is C15H16N2O4. The van der Waals surface area contributed by atoms with Crippen LogP contribution in [-0.2, 0) is 11.3 Å². The fourth-order valence-corrected chi connectivity index (χ4v) is 1.66. The lowest BCUT2D eigenvalue weighted by atomic mass is 10.2. The van der Waals surface area contributed by atoms with Crippen LogP contribution in [-0.4, -0.2) is 25.5 Å². The van der Waals surface area contributed by atoms with Gasteiger partial charge in [-0.3, -0.25) is 9.59 Å². The second-order valence-electron chi connectivity index (χ2n) is 4.28. The van der Waals surface area contributed by atoms with Gasteiger partial charge in [0, 0.05) is 6.54 Å². The zero-order valence-corrected chi connectivity index (χ0v) is 11.6. The summed E-state index contributed by atoms with van der Waals surface area (Å²) in [6.07, 6.45) is 1.40. The van der Waals surface area contributed by atoms with Crippen LogP contribution in [0.15, 0.2) is 47.1 Å². The van der Waals surface area contributed by atoms with E-state index in [1.807, 2.05) is 24.3 Å². The van der Waals surface area contributed by atoms with E-state index in [4.69, 9.17) is 9.15 Å². The standard InChI is InChI=1S/C15H16N2O4/c1-20-12-6-4-11(5-7-12)9-16-14(18)10-17-15(19)13-3-2-8-21-13/h2-8H,9-10H2,1H3,(H,16,18)(H,17,19). The number of furan rings is 1. The molecule has 0 unspecified atom stereocenters. The topological polar surface area (TPSA) is 80.6 Å². The van der Waals surface area contributed by atoms with Crippen LogP contribution in [0.2, 0.25) is 0 Å². The highest BCUT2D eigenvalue weighted by Crippen LogP contribution is 2.10. The molecule has 2 aromatic rings. The summed E-state index contributed by atoms with van der Waals surface area (Å²) in [6, 6.07) is 10.5. The number of amides is 2. The predicted octanol–water partition coefficient (Wildman–Crippen LogP) is 1.33. The van der Waals surface area contributed by atoms with E-state index in [1.54, 1.807) is 13.2 Å². The van der Waals surface area contributed by atoms with Crippen molar-refractivity contribution in [2.45, 2.75) is 6.54 Å². The quantitative estimate of drug-likeness (QED) is 0.840. The zero-order chi connectivity index (χ0) is 15.1. The number of methoxy groups -OCH3 is 1. The maximum atomic E-state index is 11.6. The highest BCUT2D eigenvalue weighted by atomic mass is 16.5. The van der Waals surface area contributed by atoms with E-state index in [2.05, 4.69) is 10.6 Å². The average molecular weight is 288 g/mol. The molecule has 0 saturated heterocycles. The molecule has 0 fully saturated rings. The first kappa shape index (κ1) is 14.6. The molecule has 6 heteroatoms. The van der Waals surface area contributed by atoms with Crippen molar-refractivity contribution in [2.75, 3.05) is 13.7 Å². The Morgan fingerprint density at radius 3 is 2.52 bits per heavy atom. The van der Waals surface area contributed by atoms with E-state index in [0.717, 1.165) is 11.3 Å². The van der Waals surface area contributed by atoms with Gasteiger partial charge in [-0.05, 0) is 29.8 Å². The highest BCUT2D eigenvalue weighted by molar-refractivity contribution is 5.94. The molecule has 1 aromatic heterocycles. The van der Waals surface area contributed by atoms with Crippen LogP contribution in [0.1, 0.15) is 16.1 Å². The number of hydrogen-bond acceptors (Lipinski definition) is 4. The Morgan fingerprint density at radius 2 is 1.90 bits per heavy atom. The lowest BCUT2D eigenvalue weighted by Gasteiger charge is -2.07. The van der Waals surface area contributed by atoms with Crippen LogP contribution in [0.25, 0.3) is 0 Å². The summed E-state index contributed by atoms with van der Waals surface area (Å²) in [6.45, 7) is 0.287. The first-order chi connectivity index (χ1) is 10.2. The lowest BCUT2D eigenvalue weighted by molar-refractivity contribution is -0.120. The van der Waals surface area contributed by atoms with Crippen LogP contribution in [0.4, 0.5) is 0 Å². The summed E-state index contributed by atoms with van der Waals surface area (Å²) in [5.74, 6) is 0.249. The van der Waals surface area contributed by atoms with E-state index in [9.17, 15) is 9.59 Å². The molecule has 6 nitrogen and oxygen atoms in total. The van der Waals surface area contributed by atoms with E-state index >= 15 is 0 Å². The summed E-state index contributed by atoms with van der Waals surface area (Å²) in [7, 11) is 1.60. The van der Waals surface area contributed by atoms with Crippen molar-refractivity contribution in [1.29, 1.82) is 0 Å². The van der Waals surface area contributed by atoms with Crippen molar-refractivity contribution in [3.05, 3.63) is 54.0 Å². The third kappa shape index (κ3) is 4.38. The minimum Gasteiger partial charge on any atom is -0.497 e. The van der Waals surface area contributed by atoms with Gasteiger partial charge in [0.05, 0.1) is 19.9 Å². The number of rotatable bonds is 6. The van der Waals surface area contributed by atoms with Crippen molar-refractivity contribution in [2.24, 2.45) is 0 Å². The zero-order valence-electron chi connectivity index (χ0n) is 11.6. The molecule has 110 valence electrons. The maximum absolute atomic E-state index is 11.6. The Morgan fingerprint density at radius 1 is 1.14 bits per heavy atom. The largest absolute Gasteiger partial charge is 0.497 e. The minimum absolute atomic E-state index is 0.101. The normalized spacial score (nSPS) is 9.95. The van der Waals surface area contributed by atoms with E-state index in [1.165, 1.54) is 12.3 Å².